The number of nitrogens with one attached hydrogen (secondary N) is 2. The second-order valence-corrected chi connectivity index (χ2v) is 7.47. The number of amides is 3. The van der Waals surface area contributed by atoms with Crippen molar-refractivity contribution in [1.82, 2.24) is 20.7 Å². The van der Waals surface area contributed by atoms with Gasteiger partial charge in [-0.05, 0) is 49.6 Å². The van der Waals surface area contributed by atoms with E-state index >= 15 is 0 Å². The summed E-state index contributed by atoms with van der Waals surface area (Å²) < 4.78 is 10.9. The maximum absolute atomic E-state index is 12.5. The number of carbonyl (C=O) groups is 3. The van der Waals surface area contributed by atoms with Gasteiger partial charge >= 0.3 is 0 Å². The molecule has 0 aliphatic carbocycles. The van der Waals surface area contributed by atoms with Crippen LogP contribution in [0.25, 0.3) is 0 Å². The minimum atomic E-state index is -0.456. The number of hydrogen-bond donors (Lipinski definition) is 2. The number of methoxy groups -OCH3 is 1. The number of likely N-dealkylation sites (tertiary alicyclic amines) is 1. The summed E-state index contributed by atoms with van der Waals surface area (Å²) in [5.74, 6) is -0.103. The lowest BCUT2D eigenvalue weighted by molar-refractivity contribution is -0.127. The molecule has 1 aliphatic heterocycles. The number of carbonyl (C=O) groups excluding carboxylic acids is 3. The summed E-state index contributed by atoms with van der Waals surface area (Å²) in [5, 5.41) is 0. The van der Waals surface area contributed by atoms with E-state index in [9.17, 15) is 14.4 Å². The van der Waals surface area contributed by atoms with Crippen LogP contribution in [0.2, 0.25) is 0 Å². The van der Waals surface area contributed by atoms with Gasteiger partial charge in [0.2, 0.25) is 5.91 Å². The Bertz CT molecular complexity index is 943. The van der Waals surface area contributed by atoms with Gasteiger partial charge in [0.15, 0.2) is 11.5 Å². The molecule has 0 unspecified atom stereocenters. The quantitative estimate of drug-likeness (QED) is 0.639. The SMILES string of the molecule is CCCOc1ccc(C(=O)NNC(=O)C2CCN(C(=O)c3cccnc3)CC2)cc1OC. The highest BCUT2D eigenvalue weighted by atomic mass is 16.5. The van der Waals surface area contributed by atoms with Crippen LogP contribution in [0, 0.1) is 5.92 Å². The monoisotopic (exact) mass is 440 g/mol. The van der Waals surface area contributed by atoms with Gasteiger partial charge in [-0.2, -0.15) is 0 Å². The second kappa shape index (κ2) is 11.1. The van der Waals surface area contributed by atoms with Gasteiger partial charge in [-0.1, -0.05) is 6.92 Å². The van der Waals surface area contributed by atoms with Crippen LogP contribution in [0.15, 0.2) is 42.7 Å². The highest BCUT2D eigenvalue weighted by Crippen LogP contribution is 2.28. The number of hydrazine groups is 1. The fourth-order valence-corrected chi connectivity index (χ4v) is 3.45. The Balaban J connectivity index is 1.48. The number of pyridine rings is 1. The van der Waals surface area contributed by atoms with Gasteiger partial charge < -0.3 is 14.4 Å². The zero-order valence-corrected chi connectivity index (χ0v) is 18.3. The molecule has 32 heavy (non-hydrogen) atoms. The van der Waals surface area contributed by atoms with E-state index < -0.39 is 5.91 Å². The average Bonchev–Trinajstić information content (AvgIpc) is 2.85. The molecular formula is C23H28N4O5. The summed E-state index contributed by atoms with van der Waals surface area (Å²) in [4.78, 5) is 43.1. The van der Waals surface area contributed by atoms with Crippen molar-refractivity contribution < 1.29 is 23.9 Å². The largest absolute Gasteiger partial charge is 0.493 e. The Morgan fingerprint density at radius 1 is 1.09 bits per heavy atom. The van der Waals surface area contributed by atoms with Crippen molar-refractivity contribution in [2.75, 3.05) is 26.8 Å². The summed E-state index contributed by atoms with van der Waals surface area (Å²) in [5.41, 5.74) is 5.80. The third-order valence-corrected chi connectivity index (χ3v) is 5.25. The summed E-state index contributed by atoms with van der Waals surface area (Å²) in [7, 11) is 1.50. The molecule has 170 valence electrons. The first kappa shape index (κ1) is 23.1. The van der Waals surface area contributed by atoms with E-state index in [1.807, 2.05) is 6.92 Å². The topological polar surface area (TPSA) is 110 Å². The lowest BCUT2D eigenvalue weighted by Crippen LogP contribution is -2.48. The molecule has 0 saturated carbocycles. The number of benzene rings is 1. The van der Waals surface area contributed by atoms with Gasteiger partial charge in [-0.25, -0.2) is 0 Å². The number of hydrogen-bond acceptors (Lipinski definition) is 6. The summed E-state index contributed by atoms with van der Waals surface area (Å²) in [6, 6.07) is 8.28. The van der Waals surface area contributed by atoms with Crippen LogP contribution in [-0.4, -0.2) is 54.4 Å². The van der Waals surface area contributed by atoms with Crippen molar-refractivity contribution in [2.45, 2.75) is 26.2 Å². The van der Waals surface area contributed by atoms with Gasteiger partial charge in [-0.3, -0.25) is 30.2 Å². The van der Waals surface area contributed by atoms with Gasteiger partial charge in [0.05, 0.1) is 19.3 Å². The van der Waals surface area contributed by atoms with Crippen molar-refractivity contribution >= 4 is 17.7 Å². The van der Waals surface area contributed by atoms with E-state index in [1.54, 1.807) is 41.4 Å². The van der Waals surface area contributed by atoms with Crippen molar-refractivity contribution in [1.29, 1.82) is 0 Å². The van der Waals surface area contributed by atoms with Gasteiger partial charge in [0, 0.05) is 37.0 Å². The van der Waals surface area contributed by atoms with Crippen LogP contribution >= 0.6 is 0 Å². The molecular weight excluding hydrogens is 412 g/mol. The predicted octanol–water partition coefficient (Wildman–Crippen LogP) is 2.19. The van der Waals surface area contributed by atoms with E-state index in [-0.39, 0.29) is 17.7 Å². The van der Waals surface area contributed by atoms with Gasteiger partial charge in [0.1, 0.15) is 0 Å². The molecule has 1 saturated heterocycles. The first-order valence-corrected chi connectivity index (χ1v) is 10.6. The average molecular weight is 441 g/mol. The molecule has 9 heteroatoms. The van der Waals surface area contributed by atoms with E-state index in [2.05, 4.69) is 15.8 Å². The molecule has 0 atom stereocenters. The zero-order valence-electron chi connectivity index (χ0n) is 18.3. The molecule has 1 aliphatic rings. The van der Waals surface area contributed by atoms with E-state index in [0.717, 1.165) is 6.42 Å². The Hall–Kier alpha value is -3.62. The van der Waals surface area contributed by atoms with E-state index in [0.29, 0.717) is 55.2 Å². The maximum atomic E-state index is 12.5. The van der Waals surface area contributed by atoms with E-state index in [4.69, 9.17) is 9.47 Å². The summed E-state index contributed by atoms with van der Waals surface area (Å²) in [6.07, 6.45) is 5.05. The van der Waals surface area contributed by atoms with Crippen molar-refractivity contribution in [3.05, 3.63) is 53.9 Å². The normalized spacial score (nSPS) is 13.9. The van der Waals surface area contributed by atoms with Crippen LogP contribution in [0.3, 0.4) is 0 Å². The third kappa shape index (κ3) is 5.75. The smallest absolute Gasteiger partial charge is 0.269 e. The third-order valence-electron chi connectivity index (χ3n) is 5.25. The first-order valence-electron chi connectivity index (χ1n) is 10.6. The van der Waals surface area contributed by atoms with E-state index in [1.165, 1.54) is 13.3 Å². The number of piperidine rings is 1. The Labute approximate surface area is 187 Å². The molecule has 0 bridgehead atoms. The molecule has 2 aromatic rings. The predicted molar refractivity (Wildman–Crippen MR) is 117 cm³/mol. The molecule has 1 fully saturated rings. The zero-order chi connectivity index (χ0) is 22.9. The fourth-order valence-electron chi connectivity index (χ4n) is 3.45. The number of rotatable bonds is 7. The molecule has 3 amide bonds. The lowest BCUT2D eigenvalue weighted by Gasteiger charge is -2.31. The molecule has 1 aromatic heterocycles. The van der Waals surface area contributed by atoms with Crippen molar-refractivity contribution in [3.8, 4) is 11.5 Å². The molecule has 3 rings (SSSR count). The van der Waals surface area contributed by atoms with Crippen LogP contribution < -0.4 is 20.3 Å². The second-order valence-electron chi connectivity index (χ2n) is 7.47. The number of nitrogens with zero attached hydrogens (tertiary/aromatic N) is 2. The number of aromatic nitrogens is 1. The minimum absolute atomic E-state index is 0.0921. The molecule has 2 N–H and O–H groups in total. The molecule has 1 aromatic carbocycles. The van der Waals surface area contributed by atoms with Crippen LogP contribution in [0.1, 0.15) is 46.9 Å². The van der Waals surface area contributed by atoms with Crippen LogP contribution in [0.5, 0.6) is 11.5 Å². The van der Waals surface area contributed by atoms with Crippen molar-refractivity contribution in [2.24, 2.45) is 5.92 Å². The Kier molecular flexibility index (Phi) is 8.02. The minimum Gasteiger partial charge on any atom is -0.493 e. The standard InChI is InChI=1S/C23H28N4O5/c1-3-13-32-19-7-6-17(14-20(19)31-2)22(29)26-25-21(28)16-8-11-27(12-9-16)23(30)18-5-4-10-24-15-18/h4-7,10,14-16H,3,8-9,11-13H2,1-2H3,(H,25,28)(H,26,29). The number of ether oxygens (including phenoxy) is 2. The highest BCUT2D eigenvalue weighted by Gasteiger charge is 2.28. The Morgan fingerprint density at radius 3 is 2.53 bits per heavy atom. The first-order chi connectivity index (χ1) is 15.5. The maximum Gasteiger partial charge on any atom is 0.269 e. The fraction of sp³-hybridized carbons (Fsp3) is 0.391. The Morgan fingerprint density at radius 2 is 1.88 bits per heavy atom. The molecule has 0 radical (unpaired) electrons. The van der Waals surface area contributed by atoms with Gasteiger partial charge in [0.25, 0.3) is 11.8 Å². The van der Waals surface area contributed by atoms with Gasteiger partial charge in [-0.15, -0.1) is 0 Å². The lowest BCUT2D eigenvalue weighted by atomic mass is 9.96. The highest BCUT2D eigenvalue weighted by molar-refractivity contribution is 5.96. The van der Waals surface area contributed by atoms with Crippen LogP contribution in [0.4, 0.5) is 0 Å². The molecule has 2 heterocycles. The van der Waals surface area contributed by atoms with Crippen LogP contribution in [-0.2, 0) is 4.79 Å². The van der Waals surface area contributed by atoms with Crippen molar-refractivity contribution in [3.63, 3.8) is 0 Å². The summed E-state index contributed by atoms with van der Waals surface area (Å²) in [6.45, 7) is 3.48. The summed E-state index contributed by atoms with van der Waals surface area (Å²) >= 11 is 0. The molecule has 0 spiro atoms. The molecule has 9 nitrogen and oxygen atoms in total.